The van der Waals surface area contributed by atoms with Gasteiger partial charge >= 0.3 is 0 Å². The molecule has 2 aromatic rings. The third-order valence-corrected chi connectivity index (χ3v) is 6.52. The molecule has 0 saturated carbocycles. The van der Waals surface area contributed by atoms with Crippen molar-refractivity contribution in [2.75, 3.05) is 17.1 Å². The van der Waals surface area contributed by atoms with E-state index in [-0.39, 0.29) is 18.5 Å². The Labute approximate surface area is 195 Å². The molecule has 7 nitrogen and oxygen atoms in total. The quantitative estimate of drug-likeness (QED) is 0.597. The minimum absolute atomic E-state index is 0.0970. The van der Waals surface area contributed by atoms with E-state index in [1.165, 1.54) is 4.90 Å². The van der Waals surface area contributed by atoms with Crippen molar-refractivity contribution in [2.24, 2.45) is 0 Å². The van der Waals surface area contributed by atoms with Crippen molar-refractivity contribution in [3.63, 3.8) is 0 Å². The molecule has 0 radical (unpaired) electrons. The molecule has 0 heterocycles. The van der Waals surface area contributed by atoms with E-state index in [0.29, 0.717) is 16.3 Å². The number of amides is 2. The number of halogens is 1. The van der Waals surface area contributed by atoms with Crippen LogP contribution >= 0.6 is 11.6 Å². The van der Waals surface area contributed by atoms with E-state index in [1.807, 2.05) is 44.2 Å². The number of hydrogen-bond acceptors (Lipinski definition) is 4. The second-order valence-corrected chi connectivity index (χ2v) is 10.3. The van der Waals surface area contributed by atoms with Crippen molar-refractivity contribution in [1.29, 1.82) is 0 Å². The van der Waals surface area contributed by atoms with Crippen molar-refractivity contribution >= 4 is 39.1 Å². The number of carbonyl (C=O) groups excluding carboxylic acids is 2. The SMILES string of the molecule is Cc1c(Cl)cccc1N(CC(=O)N(Cc1ccccc1)[C@@H](C)C(=O)NC(C)C)S(C)(=O)=O. The molecule has 2 aromatic carbocycles. The van der Waals surface area contributed by atoms with Gasteiger partial charge in [0.05, 0.1) is 11.9 Å². The maximum Gasteiger partial charge on any atom is 0.244 e. The molecular formula is C23H30ClN3O4S. The average molecular weight is 480 g/mol. The van der Waals surface area contributed by atoms with Crippen molar-refractivity contribution < 1.29 is 18.0 Å². The fourth-order valence-corrected chi connectivity index (χ4v) is 4.30. The Morgan fingerprint density at radius 1 is 1.03 bits per heavy atom. The normalized spacial score (nSPS) is 12.3. The summed E-state index contributed by atoms with van der Waals surface area (Å²) in [7, 11) is -3.80. The minimum atomic E-state index is -3.80. The van der Waals surface area contributed by atoms with Crippen molar-refractivity contribution in [3.05, 3.63) is 64.7 Å². The third kappa shape index (κ3) is 6.71. The van der Waals surface area contributed by atoms with Crippen LogP contribution in [0.4, 0.5) is 5.69 Å². The Bertz CT molecular complexity index is 1060. The lowest BCUT2D eigenvalue weighted by Crippen LogP contribution is -2.52. The zero-order valence-corrected chi connectivity index (χ0v) is 20.6. The molecule has 2 amide bonds. The molecule has 0 fully saturated rings. The smallest absolute Gasteiger partial charge is 0.244 e. The molecule has 0 aromatic heterocycles. The molecule has 32 heavy (non-hydrogen) atoms. The van der Waals surface area contributed by atoms with Crippen LogP contribution in [0.3, 0.4) is 0 Å². The number of carbonyl (C=O) groups is 2. The Kier molecular flexibility index (Phi) is 8.69. The first-order valence-electron chi connectivity index (χ1n) is 10.3. The highest BCUT2D eigenvalue weighted by atomic mass is 35.5. The van der Waals surface area contributed by atoms with E-state index < -0.39 is 28.5 Å². The molecule has 0 spiro atoms. The summed E-state index contributed by atoms with van der Waals surface area (Å²) in [4.78, 5) is 27.5. The van der Waals surface area contributed by atoms with Crippen LogP contribution in [0.2, 0.25) is 5.02 Å². The number of hydrogen-bond donors (Lipinski definition) is 1. The van der Waals surface area contributed by atoms with Crippen LogP contribution in [0, 0.1) is 6.92 Å². The lowest BCUT2D eigenvalue weighted by atomic mass is 10.1. The molecule has 2 rings (SSSR count). The molecule has 1 N–H and O–H groups in total. The molecule has 0 bridgehead atoms. The average Bonchev–Trinajstić information content (AvgIpc) is 2.71. The highest BCUT2D eigenvalue weighted by Crippen LogP contribution is 2.28. The molecule has 1 atom stereocenters. The zero-order valence-electron chi connectivity index (χ0n) is 19.0. The largest absolute Gasteiger partial charge is 0.352 e. The van der Waals surface area contributed by atoms with Gasteiger partial charge in [-0.05, 0) is 51.0 Å². The summed E-state index contributed by atoms with van der Waals surface area (Å²) in [6.45, 7) is 6.71. The van der Waals surface area contributed by atoms with Gasteiger partial charge in [0, 0.05) is 17.6 Å². The molecule has 174 valence electrons. The van der Waals surface area contributed by atoms with E-state index in [4.69, 9.17) is 11.6 Å². The second-order valence-electron chi connectivity index (χ2n) is 8.00. The van der Waals surface area contributed by atoms with E-state index in [0.717, 1.165) is 16.1 Å². The van der Waals surface area contributed by atoms with Crippen molar-refractivity contribution in [1.82, 2.24) is 10.2 Å². The molecular weight excluding hydrogens is 450 g/mol. The summed E-state index contributed by atoms with van der Waals surface area (Å²) in [5.41, 5.74) is 1.70. The lowest BCUT2D eigenvalue weighted by molar-refractivity contribution is -0.139. The Morgan fingerprint density at radius 3 is 2.22 bits per heavy atom. The number of nitrogens with one attached hydrogen (secondary N) is 1. The van der Waals surface area contributed by atoms with Gasteiger partial charge in [-0.25, -0.2) is 8.42 Å². The van der Waals surface area contributed by atoms with E-state index in [1.54, 1.807) is 32.0 Å². The van der Waals surface area contributed by atoms with Gasteiger partial charge < -0.3 is 10.2 Å². The van der Waals surface area contributed by atoms with Crippen LogP contribution < -0.4 is 9.62 Å². The maximum atomic E-state index is 13.4. The standard InChI is InChI=1S/C23H30ClN3O4S/c1-16(2)25-23(29)18(4)26(14-19-10-7-6-8-11-19)22(28)15-27(32(5,30)31)21-13-9-12-20(24)17(21)3/h6-13,16,18H,14-15H2,1-5H3,(H,25,29)/t18-/m0/s1. The van der Waals surface area contributed by atoms with Crippen LogP contribution in [0.25, 0.3) is 0 Å². The van der Waals surface area contributed by atoms with Gasteiger partial charge in [-0.1, -0.05) is 48.0 Å². The van der Waals surface area contributed by atoms with Gasteiger partial charge in [-0.3, -0.25) is 13.9 Å². The number of rotatable bonds is 9. The minimum Gasteiger partial charge on any atom is -0.352 e. The third-order valence-electron chi connectivity index (χ3n) is 4.98. The highest BCUT2D eigenvalue weighted by molar-refractivity contribution is 7.92. The maximum absolute atomic E-state index is 13.4. The molecule has 0 unspecified atom stereocenters. The predicted molar refractivity (Wildman–Crippen MR) is 128 cm³/mol. The molecule has 0 aliphatic carbocycles. The van der Waals surface area contributed by atoms with Crippen molar-refractivity contribution in [3.8, 4) is 0 Å². The summed E-state index contributed by atoms with van der Waals surface area (Å²) < 4.78 is 26.2. The number of anilines is 1. The number of nitrogens with zero attached hydrogens (tertiary/aromatic N) is 2. The van der Waals surface area contributed by atoms with Crippen LogP contribution in [0.1, 0.15) is 31.9 Å². The summed E-state index contributed by atoms with van der Waals surface area (Å²) in [6.07, 6.45) is 1.04. The van der Waals surface area contributed by atoms with Crippen LogP contribution in [0.5, 0.6) is 0 Å². The summed E-state index contributed by atoms with van der Waals surface area (Å²) in [6, 6.07) is 13.2. The first-order chi connectivity index (χ1) is 14.9. The van der Waals surface area contributed by atoms with Gasteiger partial charge in [-0.2, -0.15) is 0 Å². The van der Waals surface area contributed by atoms with E-state index in [2.05, 4.69) is 5.32 Å². The van der Waals surface area contributed by atoms with Crippen LogP contribution in [-0.2, 0) is 26.2 Å². The van der Waals surface area contributed by atoms with Crippen molar-refractivity contribution in [2.45, 2.75) is 46.3 Å². The Balaban J connectivity index is 2.41. The molecule has 0 aliphatic heterocycles. The first kappa shape index (κ1) is 25.7. The highest BCUT2D eigenvalue weighted by Gasteiger charge is 2.30. The van der Waals surface area contributed by atoms with E-state index in [9.17, 15) is 18.0 Å². The Morgan fingerprint density at radius 2 is 1.66 bits per heavy atom. The van der Waals surface area contributed by atoms with Gasteiger partial charge in [0.1, 0.15) is 12.6 Å². The van der Waals surface area contributed by atoms with Gasteiger partial charge in [0.15, 0.2) is 0 Å². The first-order valence-corrected chi connectivity index (χ1v) is 12.5. The van der Waals surface area contributed by atoms with Gasteiger partial charge in [0.25, 0.3) is 0 Å². The zero-order chi connectivity index (χ0) is 24.1. The summed E-state index contributed by atoms with van der Waals surface area (Å²) in [5, 5.41) is 3.21. The van der Waals surface area contributed by atoms with Crippen LogP contribution in [-0.4, -0.2) is 50.0 Å². The Hall–Kier alpha value is -2.58. The molecule has 9 heteroatoms. The topological polar surface area (TPSA) is 86.8 Å². The van der Waals surface area contributed by atoms with Gasteiger partial charge in [0.2, 0.25) is 21.8 Å². The van der Waals surface area contributed by atoms with Crippen LogP contribution in [0.15, 0.2) is 48.5 Å². The number of benzene rings is 2. The summed E-state index contributed by atoms with van der Waals surface area (Å²) >= 11 is 6.19. The lowest BCUT2D eigenvalue weighted by Gasteiger charge is -2.32. The fraction of sp³-hybridized carbons (Fsp3) is 0.391. The number of sulfonamides is 1. The van der Waals surface area contributed by atoms with E-state index >= 15 is 0 Å². The summed E-state index contributed by atoms with van der Waals surface area (Å²) in [5.74, 6) is -0.806. The fourth-order valence-electron chi connectivity index (χ4n) is 3.23. The second kappa shape index (κ2) is 10.8. The monoisotopic (exact) mass is 479 g/mol. The predicted octanol–water partition coefficient (Wildman–Crippen LogP) is 3.36. The molecule has 0 aliphatic rings. The van der Waals surface area contributed by atoms with Gasteiger partial charge in [-0.15, -0.1) is 0 Å². The molecule has 0 saturated heterocycles.